The molecule has 0 amide bonds. The summed E-state index contributed by atoms with van der Waals surface area (Å²) < 4.78 is 39.2. The zero-order chi connectivity index (χ0) is 30.1. The monoisotopic (exact) mass is 586 g/mol. The molecule has 0 aromatic heterocycles. The van der Waals surface area contributed by atoms with Crippen LogP contribution in [0.15, 0.2) is 29.8 Å². The van der Waals surface area contributed by atoms with Gasteiger partial charge in [0, 0.05) is 26.3 Å². The molecule has 1 aromatic rings. The first kappa shape index (κ1) is 29.9. The summed E-state index contributed by atoms with van der Waals surface area (Å²) in [5.74, 6) is 0.660. The van der Waals surface area contributed by atoms with Gasteiger partial charge >= 0.3 is 23.9 Å². The molecule has 228 valence electrons. The molecule has 0 radical (unpaired) electrons. The van der Waals surface area contributed by atoms with Crippen LogP contribution in [0.2, 0.25) is 0 Å². The highest BCUT2D eigenvalue weighted by atomic mass is 16.7. The summed E-state index contributed by atoms with van der Waals surface area (Å²) in [7, 11) is 2.82. The van der Waals surface area contributed by atoms with Crippen molar-refractivity contribution in [2.45, 2.75) is 83.6 Å². The van der Waals surface area contributed by atoms with Gasteiger partial charge in [0.25, 0.3) is 0 Å². The third-order valence-corrected chi connectivity index (χ3v) is 8.67. The van der Waals surface area contributed by atoms with Gasteiger partial charge in [-0.2, -0.15) is 0 Å². The SMILES string of the molecule is COC(=O)C1OC(Oc2cccc(C(OC)=C3C4CC5CC(C4)CC3C5)c2)C(OC(C)=O)C(OC(C)=O)C1OC(C)=O. The maximum absolute atomic E-state index is 12.7. The standard InChI is InChI=1S/C31H38O11/c1-15(32)38-26-27(39-16(2)33)29(40-17(3)34)31(42-28(26)30(35)37-5)41-23-8-6-7-20(14-23)25(36-4)24-21-10-18-9-19(12-21)13-22(24)11-18/h6-8,14,18-19,21-22,26-29,31H,9-13H2,1-5H3. The number of hydrogen-bond acceptors (Lipinski definition) is 11. The minimum Gasteiger partial charge on any atom is -0.496 e. The fourth-order valence-electron chi connectivity index (χ4n) is 7.48. The summed E-state index contributed by atoms with van der Waals surface area (Å²) >= 11 is 0. The van der Waals surface area contributed by atoms with E-state index in [4.69, 9.17) is 33.2 Å². The Morgan fingerprint density at radius 1 is 0.738 bits per heavy atom. The van der Waals surface area contributed by atoms with Crippen LogP contribution in [0.1, 0.15) is 58.4 Å². The fourth-order valence-corrected chi connectivity index (χ4v) is 7.48. The lowest BCUT2D eigenvalue weighted by Crippen LogP contribution is -2.64. The van der Waals surface area contributed by atoms with Gasteiger partial charge in [0.1, 0.15) is 11.5 Å². The van der Waals surface area contributed by atoms with E-state index in [-0.39, 0.29) is 0 Å². The Morgan fingerprint density at radius 3 is 1.86 bits per heavy atom. The van der Waals surface area contributed by atoms with Crippen LogP contribution in [-0.2, 0) is 47.6 Å². The Labute approximate surface area is 244 Å². The minimum absolute atomic E-state index is 0.338. The van der Waals surface area contributed by atoms with Crippen LogP contribution in [0.4, 0.5) is 0 Å². The van der Waals surface area contributed by atoms with Crippen LogP contribution in [0.3, 0.4) is 0 Å². The second-order valence-electron chi connectivity index (χ2n) is 11.6. The number of allylic oxidation sites excluding steroid dienone is 1. The largest absolute Gasteiger partial charge is 0.496 e. The molecule has 11 heteroatoms. The third kappa shape index (κ3) is 6.11. The Bertz CT molecular complexity index is 1220. The molecule has 11 nitrogen and oxygen atoms in total. The van der Waals surface area contributed by atoms with Gasteiger partial charge in [0.15, 0.2) is 18.3 Å². The highest BCUT2D eigenvalue weighted by Gasteiger charge is 2.56. The Balaban J connectivity index is 1.48. The van der Waals surface area contributed by atoms with Crippen molar-refractivity contribution >= 4 is 29.6 Å². The smallest absolute Gasteiger partial charge is 0.339 e. The molecule has 1 aliphatic heterocycles. The predicted molar refractivity (Wildman–Crippen MR) is 145 cm³/mol. The van der Waals surface area contributed by atoms with E-state index >= 15 is 0 Å². The molecule has 1 heterocycles. The number of carbonyl (C=O) groups excluding carboxylic acids is 4. The number of hydrogen-bond donors (Lipinski definition) is 0. The number of rotatable bonds is 8. The minimum atomic E-state index is -1.53. The van der Waals surface area contributed by atoms with Crippen molar-refractivity contribution < 1.29 is 52.3 Å². The maximum Gasteiger partial charge on any atom is 0.339 e. The number of ether oxygens (including phenoxy) is 7. The number of benzene rings is 1. The van der Waals surface area contributed by atoms with Crippen molar-refractivity contribution in [3.05, 3.63) is 35.4 Å². The predicted octanol–water partition coefficient (Wildman–Crippen LogP) is 3.57. The van der Waals surface area contributed by atoms with Gasteiger partial charge in [-0.25, -0.2) is 4.79 Å². The summed E-state index contributed by atoms with van der Waals surface area (Å²) in [5, 5.41) is 0. The van der Waals surface area contributed by atoms with E-state index in [0.717, 1.165) is 51.0 Å². The molecule has 4 aliphatic carbocycles. The lowest BCUT2D eigenvalue weighted by atomic mass is 9.54. The average Bonchev–Trinajstić information content (AvgIpc) is 2.92. The van der Waals surface area contributed by atoms with Crippen molar-refractivity contribution in [1.29, 1.82) is 0 Å². The Morgan fingerprint density at radius 2 is 1.31 bits per heavy atom. The highest BCUT2D eigenvalue weighted by Crippen LogP contribution is 2.58. The second-order valence-corrected chi connectivity index (χ2v) is 11.6. The Kier molecular flexibility index (Phi) is 8.77. The summed E-state index contributed by atoms with van der Waals surface area (Å²) in [5.41, 5.74) is 2.20. The topological polar surface area (TPSA) is 133 Å². The third-order valence-electron chi connectivity index (χ3n) is 8.67. The molecule has 0 spiro atoms. The number of methoxy groups -OCH3 is 2. The van der Waals surface area contributed by atoms with Gasteiger partial charge in [-0.3, -0.25) is 14.4 Å². The van der Waals surface area contributed by atoms with Crippen molar-refractivity contribution in [1.82, 2.24) is 0 Å². The molecular weight excluding hydrogens is 548 g/mol. The first-order chi connectivity index (χ1) is 20.1. The van der Waals surface area contributed by atoms with Crippen LogP contribution >= 0.6 is 0 Å². The summed E-state index contributed by atoms with van der Waals surface area (Å²) in [6, 6.07) is 7.26. The summed E-state index contributed by atoms with van der Waals surface area (Å²) in [4.78, 5) is 48.9. The molecule has 1 saturated heterocycles. The van der Waals surface area contributed by atoms with Crippen molar-refractivity contribution in [2.75, 3.05) is 14.2 Å². The average molecular weight is 587 g/mol. The molecule has 1 aromatic carbocycles. The Hall–Kier alpha value is -3.60. The van der Waals surface area contributed by atoms with Crippen LogP contribution in [0, 0.1) is 23.7 Å². The van der Waals surface area contributed by atoms with Gasteiger partial charge < -0.3 is 33.2 Å². The summed E-state index contributed by atoms with van der Waals surface area (Å²) in [6.07, 6.45) is -1.11. The fraction of sp³-hybridized carbons (Fsp3) is 0.613. The van der Waals surface area contributed by atoms with Gasteiger partial charge in [-0.1, -0.05) is 12.1 Å². The maximum atomic E-state index is 12.7. The molecule has 6 rings (SSSR count). The molecular formula is C31H38O11. The molecule has 42 heavy (non-hydrogen) atoms. The van der Waals surface area contributed by atoms with E-state index in [1.165, 1.54) is 37.7 Å². The van der Waals surface area contributed by atoms with Crippen LogP contribution in [0.25, 0.3) is 5.76 Å². The molecule has 0 N–H and O–H groups in total. The molecule has 5 aliphatic rings. The zero-order valence-corrected chi connectivity index (χ0v) is 24.5. The van der Waals surface area contributed by atoms with Gasteiger partial charge in [0.05, 0.1) is 14.2 Å². The van der Waals surface area contributed by atoms with E-state index in [1.54, 1.807) is 19.2 Å². The second kappa shape index (κ2) is 12.3. The molecule has 5 unspecified atom stereocenters. The summed E-state index contributed by atoms with van der Waals surface area (Å²) in [6.45, 7) is 3.43. The zero-order valence-electron chi connectivity index (χ0n) is 24.5. The van der Waals surface area contributed by atoms with Gasteiger partial charge in [0.2, 0.25) is 12.4 Å². The first-order valence-electron chi connectivity index (χ1n) is 14.4. The first-order valence-corrected chi connectivity index (χ1v) is 14.4. The lowest BCUT2D eigenvalue weighted by Gasteiger charge is -2.51. The molecule has 4 saturated carbocycles. The van der Waals surface area contributed by atoms with Crippen LogP contribution in [0.5, 0.6) is 5.75 Å². The van der Waals surface area contributed by atoms with E-state index in [9.17, 15) is 19.2 Å². The lowest BCUT2D eigenvalue weighted by molar-refractivity contribution is -0.282. The van der Waals surface area contributed by atoms with E-state index in [1.807, 2.05) is 12.1 Å². The normalized spacial score (nSPS) is 32.9. The van der Waals surface area contributed by atoms with E-state index in [0.29, 0.717) is 17.6 Å². The quantitative estimate of drug-likeness (QED) is 0.251. The number of esters is 4. The molecule has 5 fully saturated rings. The van der Waals surface area contributed by atoms with E-state index in [2.05, 4.69) is 0 Å². The molecule has 5 atom stereocenters. The van der Waals surface area contributed by atoms with E-state index < -0.39 is 54.6 Å². The molecule has 4 bridgehead atoms. The van der Waals surface area contributed by atoms with Gasteiger partial charge in [-0.15, -0.1) is 0 Å². The highest BCUT2D eigenvalue weighted by molar-refractivity contribution is 5.77. The van der Waals surface area contributed by atoms with Gasteiger partial charge in [-0.05, 0) is 73.5 Å². The van der Waals surface area contributed by atoms with Crippen molar-refractivity contribution in [2.24, 2.45) is 23.7 Å². The number of carbonyl (C=O) groups is 4. The van der Waals surface area contributed by atoms with Crippen molar-refractivity contribution in [3.63, 3.8) is 0 Å². The van der Waals surface area contributed by atoms with Crippen LogP contribution < -0.4 is 4.74 Å². The van der Waals surface area contributed by atoms with Crippen LogP contribution in [-0.4, -0.2) is 68.8 Å². The van der Waals surface area contributed by atoms with Crippen molar-refractivity contribution in [3.8, 4) is 5.75 Å².